The van der Waals surface area contributed by atoms with Crippen molar-refractivity contribution in [3.63, 3.8) is 0 Å². The van der Waals surface area contributed by atoms with Crippen LogP contribution in [0.25, 0.3) is 0 Å². The molecule has 1 N–H and O–H groups in total. The molecule has 96 valence electrons. The summed E-state index contributed by atoms with van der Waals surface area (Å²) in [4.78, 5) is 13.6. The summed E-state index contributed by atoms with van der Waals surface area (Å²) < 4.78 is 5.44. The van der Waals surface area contributed by atoms with Crippen molar-refractivity contribution in [2.45, 2.75) is 27.2 Å². The van der Waals surface area contributed by atoms with Gasteiger partial charge in [-0.15, -0.1) is 11.3 Å². The topological polar surface area (TPSA) is 38.3 Å². The van der Waals surface area contributed by atoms with Gasteiger partial charge in [0, 0.05) is 24.6 Å². The summed E-state index contributed by atoms with van der Waals surface area (Å²) in [6.07, 6.45) is 0.864. The minimum atomic E-state index is 0.0203. The average Bonchev–Trinajstić information content (AvgIpc) is 2.69. The molecule has 0 aromatic carbocycles. The first kappa shape index (κ1) is 14.2. The first-order valence-corrected chi connectivity index (χ1v) is 6.83. The smallest absolute Gasteiger partial charge is 0.261 e. The number of rotatable bonds is 7. The van der Waals surface area contributed by atoms with Crippen LogP contribution >= 0.6 is 11.3 Å². The number of amides is 1. The molecule has 0 unspecified atom stereocenters. The van der Waals surface area contributed by atoms with Crippen molar-refractivity contribution in [3.05, 3.63) is 21.9 Å². The zero-order valence-electron chi connectivity index (χ0n) is 10.8. The van der Waals surface area contributed by atoms with Gasteiger partial charge in [-0.1, -0.05) is 13.8 Å². The maximum absolute atomic E-state index is 11.7. The van der Waals surface area contributed by atoms with Crippen molar-refractivity contribution < 1.29 is 9.53 Å². The highest BCUT2D eigenvalue weighted by molar-refractivity contribution is 7.13. The standard InChI is InChI=1S/C13H21NO2S/c1-10(2)9-16-8-4-7-14-13(15)12-6-5-11(3)17-12/h5-6,10H,4,7-9H2,1-3H3,(H,14,15). The summed E-state index contributed by atoms with van der Waals surface area (Å²) in [6, 6.07) is 3.83. The maximum atomic E-state index is 11.7. The summed E-state index contributed by atoms with van der Waals surface area (Å²) >= 11 is 1.52. The van der Waals surface area contributed by atoms with Gasteiger partial charge in [0.2, 0.25) is 0 Å². The molecule has 0 aliphatic heterocycles. The molecule has 3 nitrogen and oxygen atoms in total. The van der Waals surface area contributed by atoms with E-state index < -0.39 is 0 Å². The van der Waals surface area contributed by atoms with Gasteiger partial charge in [-0.2, -0.15) is 0 Å². The van der Waals surface area contributed by atoms with Gasteiger partial charge in [-0.25, -0.2) is 0 Å². The maximum Gasteiger partial charge on any atom is 0.261 e. The molecule has 0 aliphatic carbocycles. The van der Waals surface area contributed by atoms with Crippen molar-refractivity contribution in [2.24, 2.45) is 5.92 Å². The Labute approximate surface area is 107 Å². The molecular weight excluding hydrogens is 234 g/mol. The molecule has 0 aliphatic rings. The lowest BCUT2D eigenvalue weighted by Crippen LogP contribution is -2.24. The quantitative estimate of drug-likeness (QED) is 0.761. The molecule has 1 aromatic heterocycles. The van der Waals surface area contributed by atoms with E-state index in [-0.39, 0.29) is 5.91 Å². The van der Waals surface area contributed by atoms with E-state index in [1.54, 1.807) is 0 Å². The van der Waals surface area contributed by atoms with Crippen LogP contribution in [0.15, 0.2) is 12.1 Å². The Kier molecular flexibility index (Phi) is 6.22. The van der Waals surface area contributed by atoms with E-state index in [0.29, 0.717) is 19.1 Å². The highest BCUT2D eigenvalue weighted by Gasteiger charge is 2.06. The van der Waals surface area contributed by atoms with Gasteiger partial charge in [0.15, 0.2) is 0 Å². The lowest BCUT2D eigenvalue weighted by Gasteiger charge is -2.07. The number of nitrogens with one attached hydrogen (secondary N) is 1. The summed E-state index contributed by atoms with van der Waals surface area (Å²) in [6.45, 7) is 8.43. The zero-order valence-corrected chi connectivity index (χ0v) is 11.6. The number of carbonyl (C=O) groups excluding carboxylic acids is 1. The van der Waals surface area contributed by atoms with Crippen LogP contribution in [-0.2, 0) is 4.74 Å². The van der Waals surface area contributed by atoms with Crippen molar-refractivity contribution in [1.82, 2.24) is 5.32 Å². The first-order chi connectivity index (χ1) is 8.09. The van der Waals surface area contributed by atoms with Gasteiger partial charge in [0.05, 0.1) is 4.88 Å². The number of aryl methyl sites for hydroxylation is 1. The SMILES string of the molecule is Cc1ccc(C(=O)NCCCOCC(C)C)s1. The minimum absolute atomic E-state index is 0.0203. The normalized spacial score (nSPS) is 10.8. The first-order valence-electron chi connectivity index (χ1n) is 6.02. The van der Waals surface area contributed by atoms with E-state index in [0.717, 1.165) is 22.8 Å². The fraction of sp³-hybridized carbons (Fsp3) is 0.615. The van der Waals surface area contributed by atoms with Crippen LogP contribution in [0, 0.1) is 12.8 Å². The average molecular weight is 255 g/mol. The van der Waals surface area contributed by atoms with Gasteiger partial charge in [-0.05, 0) is 31.4 Å². The van der Waals surface area contributed by atoms with Crippen LogP contribution in [-0.4, -0.2) is 25.7 Å². The van der Waals surface area contributed by atoms with Gasteiger partial charge >= 0.3 is 0 Å². The number of hydrogen-bond acceptors (Lipinski definition) is 3. The number of hydrogen-bond donors (Lipinski definition) is 1. The molecule has 0 saturated heterocycles. The van der Waals surface area contributed by atoms with E-state index in [4.69, 9.17) is 4.74 Å². The molecule has 4 heteroatoms. The molecule has 17 heavy (non-hydrogen) atoms. The van der Waals surface area contributed by atoms with Gasteiger partial charge < -0.3 is 10.1 Å². The lowest BCUT2D eigenvalue weighted by atomic mass is 10.2. The molecule has 1 rings (SSSR count). The van der Waals surface area contributed by atoms with Crippen molar-refractivity contribution in [3.8, 4) is 0 Å². The highest BCUT2D eigenvalue weighted by Crippen LogP contribution is 2.14. The van der Waals surface area contributed by atoms with Crippen molar-refractivity contribution in [2.75, 3.05) is 19.8 Å². The Morgan fingerprint density at radius 3 is 2.82 bits per heavy atom. The summed E-state index contributed by atoms with van der Waals surface area (Å²) in [5.41, 5.74) is 0. The third kappa shape index (κ3) is 5.84. The summed E-state index contributed by atoms with van der Waals surface area (Å²) in [5, 5.41) is 2.89. The van der Waals surface area contributed by atoms with E-state index in [9.17, 15) is 4.79 Å². The highest BCUT2D eigenvalue weighted by atomic mass is 32.1. The monoisotopic (exact) mass is 255 g/mol. The Hall–Kier alpha value is -0.870. The molecule has 0 bridgehead atoms. The third-order valence-electron chi connectivity index (χ3n) is 2.17. The molecule has 1 aromatic rings. The fourth-order valence-corrected chi connectivity index (χ4v) is 2.12. The van der Waals surface area contributed by atoms with Gasteiger partial charge in [0.1, 0.15) is 0 Å². The fourth-order valence-electron chi connectivity index (χ4n) is 1.34. The van der Waals surface area contributed by atoms with Crippen LogP contribution in [0.1, 0.15) is 34.8 Å². The number of carbonyl (C=O) groups is 1. The van der Waals surface area contributed by atoms with Gasteiger partial charge in [0.25, 0.3) is 5.91 Å². The van der Waals surface area contributed by atoms with E-state index in [1.165, 1.54) is 11.3 Å². The Morgan fingerprint density at radius 1 is 1.47 bits per heavy atom. The lowest BCUT2D eigenvalue weighted by molar-refractivity contribution is 0.0928. The second kappa shape index (κ2) is 7.45. The summed E-state index contributed by atoms with van der Waals surface area (Å²) in [5.74, 6) is 0.589. The van der Waals surface area contributed by atoms with Crippen LogP contribution in [0.2, 0.25) is 0 Å². The molecular formula is C13H21NO2S. The molecule has 0 atom stereocenters. The minimum Gasteiger partial charge on any atom is -0.381 e. The molecule has 0 saturated carbocycles. The number of thiophene rings is 1. The van der Waals surface area contributed by atoms with Gasteiger partial charge in [-0.3, -0.25) is 4.79 Å². The van der Waals surface area contributed by atoms with Crippen LogP contribution < -0.4 is 5.32 Å². The second-order valence-corrected chi connectivity index (χ2v) is 5.78. The molecule has 1 heterocycles. The molecule has 0 fully saturated rings. The zero-order chi connectivity index (χ0) is 12.7. The van der Waals surface area contributed by atoms with Crippen LogP contribution in [0.5, 0.6) is 0 Å². The molecule has 0 spiro atoms. The Balaban J connectivity index is 2.09. The van der Waals surface area contributed by atoms with Crippen molar-refractivity contribution >= 4 is 17.2 Å². The van der Waals surface area contributed by atoms with E-state index in [1.807, 2.05) is 19.1 Å². The van der Waals surface area contributed by atoms with Crippen molar-refractivity contribution in [1.29, 1.82) is 0 Å². The van der Waals surface area contributed by atoms with Crippen LogP contribution in [0.3, 0.4) is 0 Å². The molecule has 1 amide bonds. The Bertz CT molecular complexity index is 347. The largest absolute Gasteiger partial charge is 0.381 e. The molecule has 0 radical (unpaired) electrons. The Morgan fingerprint density at radius 2 is 2.24 bits per heavy atom. The number of ether oxygens (including phenoxy) is 1. The van der Waals surface area contributed by atoms with E-state index >= 15 is 0 Å². The van der Waals surface area contributed by atoms with E-state index in [2.05, 4.69) is 19.2 Å². The predicted molar refractivity (Wildman–Crippen MR) is 71.7 cm³/mol. The summed E-state index contributed by atoms with van der Waals surface area (Å²) in [7, 11) is 0. The third-order valence-corrected chi connectivity index (χ3v) is 3.17. The second-order valence-electron chi connectivity index (χ2n) is 4.49. The predicted octanol–water partition coefficient (Wildman–Crippen LogP) is 2.85. The van der Waals surface area contributed by atoms with Crippen LogP contribution in [0.4, 0.5) is 0 Å².